The highest BCUT2D eigenvalue weighted by molar-refractivity contribution is 6.30. The van der Waals surface area contributed by atoms with Crippen LogP contribution in [0.5, 0.6) is 0 Å². The fraction of sp³-hybridized carbons (Fsp3) is 0.647. The first-order valence-corrected chi connectivity index (χ1v) is 7.84. The Balaban J connectivity index is 2.12. The van der Waals surface area contributed by atoms with Crippen molar-refractivity contribution in [2.75, 3.05) is 0 Å². The topological polar surface area (TPSA) is 26.0 Å². The van der Waals surface area contributed by atoms with Gasteiger partial charge in [-0.05, 0) is 66.7 Å². The fourth-order valence-electron chi connectivity index (χ4n) is 3.29. The third-order valence-corrected chi connectivity index (χ3v) is 4.99. The van der Waals surface area contributed by atoms with Crippen LogP contribution in [-0.4, -0.2) is 6.04 Å². The van der Waals surface area contributed by atoms with Crippen LogP contribution in [0.4, 0.5) is 4.39 Å². The van der Waals surface area contributed by atoms with Crippen molar-refractivity contribution in [1.82, 2.24) is 0 Å². The molecule has 2 N–H and O–H groups in total. The summed E-state index contributed by atoms with van der Waals surface area (Å²) < 4.78 is 13.9. The minimum atomic E-state index is -0.167. The predicted octanol–water partition coefficient (Wildman–Crippen LogP) is 4.81. The number of halogens is 2. The van der Waals surface area contributed by atoms with Gasteiger partial charge in [0.05, 0.1) is 0 Å². The van der Waals surface area contributed by atoms with Gasteiger partial charge in [-0.15, -0.1) is 0 Å². The van der Waals surface area contributed by atoms with E-state index in [0.717, 1.165) is 12.8 Å². The van der Waals surface area contributed by atoms with Gasteiger partial charge in [-0.2, -0.15) is 0 Å². The summed E-state index contributed by atoms with van der Waals surface area (Å²) in [5.74, 6) is 0.843. The molecule has 1 aliphatic rings. The largest absolute Gasteiger partial charge is 0.327 e. The molecule has 1 aliphatic carbocycles. The van der Waals surface area contributed by atoms with E-state index in [9.17, 15) is 4.39 Å². The molecule has 0 amide bonds. The van der Waals surface area contributed by atoms with Crippen LogP contribution in [0, 0.1) is 23.1 Å². The van der Waals surface area contributed by atoms with Crippen LogP contribution in [-0.2, 0) is 6.42 Å². The maximum absolute atomic E-state index is 13.9. The van der Waals surface area contributed by atoms with E-state index in [0.29, 0.717) is 34.3 Å². The summed E-state index contributed by atoms with van der Waals surface area (Å²) in [7, 11) is 0. The Labute approximate surface area is 126 Å². The highest BCUT2D eigenvalue weighted by Crippen LogP contribution is 2.41. The number of nitrogens with two attached hydrogens (primary N) is 1. The summed E-state index contributed by atoms with van der Waals surface area (Å²) in [4.78, 5) is 0. The lowest BCUT2D eigenvalue weighted by Gasteiger charge is -2.40. The van der Waals surface area contributed by atoms with Crippen LogP contribution in [0.2, 0.25) is 5.02 Å². The van der Waals surface area contributed by atoms with E-state index in [2.05, 4.69) is 20.8 Å². The molecule has 3 heteroatoms. The van der Waals surface area contributed by atoms with Crippen molar-refractivity contribution in [2.45, 2.75) is 52.5 Å². The van der Waals surface area contributed by atoms with Crippen molar-refractivity contribution < 1.29 is 4.39 Å². The fourth-order valence-corrected chi connectivity index (χ4v) is 3.49. The first-order chi connectivity index (χ1) is 9.27. The van der Waals surface area contributed by atoms with Crippen LogP contribution in [0.25, 0.3) is 0 Å². The Morgan fingerprint density at radius 2 is 2.00 bits per heavy atom. The van der Waals surface area contributed by atoms with Crippen LogP contribution >= 0.6 is 11.6 Å². The van der Waals surface area contributed by atoms with Gasteiger partial charge in [0.15, 0.2) is 0 Å². The van der Waals surface area contributed by atoms with E-state index in [4.69, 9.17) is 17.3 Å². The van der Waals surface area contributed by atoms with Crippen molar-refractivity contribution in [3.05, 3.63) is 34.6 Å². The second-order valence-corrected chi connectivity index (χ2v) is 7.68. The monoisotopic (exact) mass is 297 g/mol. The highest BCUT2D eigenvalue weighted by Gasteiger charge is 2.34. The van der Waals surface area contributed by atoms with E-state index in [1.807, 2.05) is 0 Å². The molecule has 0 aromatic heterocycles. The van der Waals surface area contributed by atoms with Gasteiger partial charge in [0.1, 0.15) is 5.82 Å². The summed E-state index contributed by atoms with van der Waals surface area (Å²) in [5.41, 5.74) is 7.26. The minimum absolute atomic E-state index is 0.167. The molecule has 0 spiro atoms. The molecule has 1 aromatic carbocycles. The normalized spacial score (nSPS) is 27.6. The van der Waals surface area contributed by atoms with Crippen molar-refractivity contribution in [3.8, 4) is 0 Å². The number of rotatable bonds is 2. The summed E-state index contributed by atoms with van der Waals surface area (Å²) in [5, 5.41) is 0.596. The summed E-state index contributed by atoms with van der Waals surface area (Å²) in [6.45, 7) is 6.85. The van der Waals surface area contributed by atoms with Gasteiger partial charge in [-0.3, -0.25) is 0 Å². The quantitative estimate of drug-likeness (QED) is 0.833. The molecule has 2 rings (SSSR count). The lowest BCUT2D eigenvalue weighted by atomic mass is 9.66. The maximum Gasteiger partial charge on any atom is 0.126 e. The molecule has 1 fully saturated rings. The van der Waals surface area contributed by atoms with E-state index in [1.54, 1.807) is 12.1 Å². The van der Waals surface area contributed by atoms with Crippen LogP contribution < -0.4 is 5.73 Å². The minimum Gasteiger partial charge on any atom is -0.327 e. The zero-order valence-electron chi connectivity index (χ0n) is 12.6. The zero-order valence-corrected chi connectivity index (χ0v) is 13.4. The van der Waals surface area contributed by atoms with Crippen molar-refractivity contribution in [3.63, 3.8) is 0 Å². The standard InChI is InChI=1S/C17H25ClFN/c1-17(2,3)13-4-7-16(20)12(9-13)8-11-10-14(18)5-6-15(11)19/h5-6,10,12-13,16H,4,7-9,20H2,1-3H3. The SMILES string of the molecule is CC(C)(C)C1CCC(N)C(Cc2cc(Cl)ccc2F)C1. The third-order valence-electron chi connectivity index (χ3n) is 4.76. The molecule has 3 unspecified atom stereocenters. The molecular formula is C17H25ClFN. The summed E-state index contributed by atoms with van der Waals surface area (Å²) in [6, 6.07) is 4.96. The molecule has 1 nitrogen and oxygen atoms in total. The average molecular weight is 298 g/mol. The number of benzene rings is 1. The molecule has 1 aromatic rings. The molecule has 112 valence electrons. The van der Waals surface area contributed by atoms with Crippen molar-refractivity contribution in [2.24, 2.45) is 23.0 Å². The van der Waals surface area contributed by atoms with Gasteiger partial charge in [0, 0.05) is 11.1 Å². The lowest BCUT2D eigenvalue weighted by molar-refractivity contribution is 0.126. The molecule has 0 saturated heterocycles. The molecule has 0 bridgehead atoms. The Morgan fingerprint density at radius 1 is 1.30 bits per heavy atom. The van der Waals surface area contributed by atoms with Crippen LogP contribution in [0.15, 0.2) is 18.2 Å². The van der Waals surface area contributed by atoms with E-state index < -0.39 is 0 Å². The molecule has 20 heavy (non-hydrogen) atoms. The van der Waals surface area contributed by atoms with E-state index in [-0.39, 0.29) is 11.9 Å². The van der Waals surface area contributed by atoms with Gasteiger partial charge in [-0.25, -0.2) is 4.39 Å². The molecule has 0 aliphatic heterocycles. The van der Waals surface area contributed by atoms with E-state index >= 15 is 0 Å². The third kappa shape index (κ3) is 3.73. The van der Waals surface area contributed by atoms with Crippen LogP contribution in [0.3, 0.4) is 0 Å². The van der Waals surface area contributed by atoms with Crippen molar-refractivity contribution in [1.29, 1.82) is 0 Å². The number of hydrogen-bond donors (Lipinski definition) is 1. The van der Waals surface area contributed by atoms with Gasteiger partial charge in [0.25, 0.3) is 0 Å². The molecular weight excluding hydrogens is 273 g/mol. The van der Waals surface area contributed by atoms with Crippen LogP contribution in [0.1, 0.15) is 45.6 Å². The Hall–Kier alpha value is -0.600. The van der Waals surface area contributed by atoms with Gasteiger partial charge < -0.3 is 5.73 Å². The first kappa shape index (κ1) is 15.8. The maximum atomic E-state index is 13.9. The summed E-state index contributed by atoms with van der Waals surface area (Å²) >= 11 is 5.97. The highest BCUT2D eigenvalue weighted by atomic mass is 35.5. The Bertz CT molecular complexity index is 467. The lowest BCUT2D eigenvalue weighted by Crippen LogP contribution is -2.40. The smallest absolute Gasteiger partial charge is 0.126 e. The Kier molecular flexibility index (Phi) is 4.76. The second-order valence-electron chi connectivity index (χ2n) is 7.24. The Morgan fingerprint density at radius 3 is 2.65 bits per heavy atom. The van der Waals surface area contributed by atoms with E-state index in [1.165, 1.54) is 12.5 Å². The molecule has 0 radical (unpaired) electrons. The number of hydrogen-bond acceptors (Lipinski definition) is 1. The van der Waals surface area contributed by atoms with Gasteiger partial charge in [-0.1, -0.05) is 32.4 Å². The van der Waals surface area contributed by atoms with Gasteiger partial charge in [0.2, 0.25) is 0 Å². The van der Waals surface area contributed by atoms with Crippen molar-refractivity contribution >= 4 is 11.6 Å². The molecule has 3 atom stereocenters. The first-order valence-electron chi connectivity index (χ1n) is 7.47. The second kappa shape index (κ2) is 6.03. The zero-order chi connectivity index (χ0) is 14.9. The molecule has 0 heterocycles. The summed E-state index contributed by atoms with van der Waals surface area (Å²) in [6.07, 6.45) is 3.99. The predicted molar refractivity (Wildman–Crippen MR) is 83.4 cm³/mol. The average Bonchev–Trinajstić information content (AvgIpc) is 2.35. The molecule has 1 saturated carbocycles. The van der Waals surface area contributed by atoms with Gasteiger partial charge >= 0.3 is 0 Å².